The van der Waals surface area contributed by atoms with Crippen molar-refractivity contribution in [2.24, 2.45) is 0 Å². The summed E-state index contributed by atoms with van der Waals surface area (Å²) in [5.41, 5.74) is 6.12. The van der Waals surface area contributed by atoms with Gasteiger partial charge in [-0.2, -0.15) is 0 Å². The van der Waals surface area contributed by atoms with Crippen molar-refractivity contribution in [3.63, 3.8) is 0 Å². The maximum absolute atomic E-state index is 14.1. The lowest BCUT2D eigenvalue weighted by molar-refractivity contribution is -0.145. The quantitative estimate of drug-likeness (QED) is 0.167. The third kappa shape index (κ3) is 7.45. The highest BCUT2D eigenvalue weighted by molar-refractivity contribution is 7.22. The van der Waals surface area contributed by atoms with Crippen molar-refractivity contribution in [1.29, 1.82) is 0 Å². The average molecular weight is 789 g/mol. The first-order valence-electron chi connectivity index (χ1n) is 17.8. The number of carboxylic acids is 1. The molecule has 1 N–H and O–H groups in total. The smallest absolute Gasteiger partial charge is 0.345 e. The number of nitrogens with zero attached hydrogens (tertiary/aromatic N) is 4. The molecule has 56 heavy (non-hydrogen) atoms. The zero-order valence-electron chi connectivity index (χ0n) is 30.3. The summed E-state index contributed by atoms with van der Waals surface area (Å²) in [7, 11) is 1.61. The summed E-state index contributed by atoms with van der Waals surface area (Å²) < 4.78 is 38.2. The zero-order valence-corrected chi connectivity index (χ0v) is 31.9. The lowest BCUT2D eigenvalue weighted by atomic mass is 9.95. The minimum absolute atomic E-state index is 0.00352. The molecule has 0 saturated heterocycles. The van der Waals surface area contributed by atoms with Crippen LogP contribution >= 0.6 is 22.9 Å². The first-order chi connectivity index (χ1) is 27.3. The molecule has 0 spiro atoms. The van der Waals surface area contributed by atoms with E-state index in [-0.39, 0.29) is 31.3 Å². The van der Waals surface area contributed by atoms with Crippen LogP contribution in [0.3, 0.4) is 0 Å². The van der Waals surface area contributed by atoms with Crippen LogP contribution in [-0.4, -0.2) is 57.4 Å². The average Bonchev–Trinajstić information content (AvgIpc) is 3.60. The number of para-hydroxylation sites is 1. The maximum Gasteiger partial charge on any atom is 0.345 e. The van der Waals surface area contributed by atoms with Gasteiger partial charge in [0.05, 0.1) is 23.1 Å². The van der Waals surface area contributed by atoms with E-state index in [1.807, 2.05) is 61.5 Å². The number of hydrogen-bond acceptors (Lipinski definition) is 10. The maximum atomic E-state index is 14.1. The molecule has 0 saturated carbocycles. The third-order valence-corrected chi connectivity index (χ3v) is 11.2. The molecule has 13 heteroatoms. The minimum atomic E-state index is -1.34. The van der Waals surface area contributed by atoms with Crippen molar-refractivity contribution in [1.82, 2.24) is 19.9 Å². The van der Waals surface area contributed by atoms with Crippen molar-refractivity contribution >= 4 is 39.1 Å². The largest absolute Gasteiger partial charge is 0.496 e. The van der Waals surface area contributed by atoms with Gasteiger partial charge in [0, 0.05) is 28.8 Å². The minimum Gasteiger partial charge on any atom is -0.496 e. The van der Waals surface area contributed by atoms with Gasteiger partial charge in [-0.25, -0.2) is 29.1 Å². The number of benzene rings is 4. The first kappa shape index (κ1) is 36.8. The van der Waals surface area contributed by atoms with Gasteiger partial charge < -0.3 is 24.1 Å². The number of fused-ring (bicyclic) bond motifs is 7. The van der Waals surface area contributed by atoms with E-state index >= 15 is 0 Å². The molecular weight excluding hydrogens is 755 g/mol. The second-order valence-electron chi connectivity index (χ2n) is 13.1. The van der Waals surface area contributed by atoms with Gasteiger partial charge in [-0.1, -0.05) is 48.0 Å². The number of thiophene rings is 1. The molecule has 0 aliphatic carbocycles. The van der Waals surface area contributed by atoms with Gasteiger partial charge in [0.2, 0.25) is 12.0 Å². The summed E-state index contributed by atoms with van der Waals surface area (Å²) in [6.45, 7) is 2.30. The Morgan fingerprint density at radius 1 is 0.964 bits per heavy atom. The highest BCUT2D eigenvalue weighted by atomic mass is 35.5. The van der Waals surface area contributed by atoms with Crippen LogP contribution in [0.25, 0.3) is 43.2 Å². The number of aliphatic carboxylic acids is 1. The van der Waals surface area contributed by atoms with Crippen molar-refractivity contribution < 1.29 is 33.2 Å². The van der Waals surface area contributed by atoms with Crippen LogP contribution in [0, 0.1) is 12.7 Å². The SMILES string of the molecule is COc1ccccc1-c1nccc(CCc2ccc3cc2C[C@H](C(=O)O)Oc2ncnc4sc(-c5ccc(F)cc5)c(c24)-c2ccc(c(Cl)c2C)OCCO3)n1. The molecule has 7 aromatic rings. The lowest BCUT2D eigenvalue weighted by Crippen LogP contribution is -2.30. The Morgan fingerprint density at radius 2 is 1.79 bits per heavy atom. The van der Waals surface area contributed by atoms with E-state index in [0.29, 0.717) is 56.7 Å². The molecule has 4 bridgehead atoms. The Bertz CT molecular complexity index is 2580. The zero-order chi connectivity index (χ0) is 38.8. The van der Waals surface area contributed by atoms with Gasteiger partial charge in [-0.3, -0.25) is 0 Å². The van der Waals surface area contributed by atoms with E-state index in [1.165, 1.54) is 29.8 Å². The van der Waals surface area contributed by atoms with E-state index in [4.69, 9.17) is 35.5 Å². The molecule has 0 amide bonds. The second kappa shape index (κ2) is 15.9. The van der Waals surface area contributed by atoms with Gasteiger partial charge in [0.25, 0.3) is 0 Å². The Balaban J connectivity index is 1.19. The summed E-state index contributed by atoms with van der Waals surface area (Å²) in [6.07, 6.45) is 2.84. The van der Waals surface area contributed by atoms with Gasteiger partial charge in [-0.15, -0.1) is 11.3 Å². The number of halogens is 2. The van der Waals surface area contributed by atoms with Gasteiger partial charge in [0.15, 0.2) is 5.82 Å². The molecule has 2 aliphatic rings. The molecule has 282 valence electrons. The van der Waals surface area contributed by atoms with E-state index in [2.05, 4.69) is 15.0 Å². The fourth-order valence-electron chi connectivity index (χ4n) is 6.81. The van der Waals surface area contributed by atoms with Crippen LogP contribution in [0.15, 0.2) is 97.5 Å². The predicted octanol–water partition coefficient (Wildman–Crippen LogP) is 9.22. The highest BCUT2D eigenvalue weighted by Gasteiger charge is 2.28. The standard InChI is InChI=1S/C43H34ClFN4O6S/c1-24-31-15-16-34(38(24)44)54-20-19-53-30-14-10-25(9-13-29-17-18-46-40(49-29)32-5-3-4-6-33(32)52-2)27(21-30)22-35(43(50)51)55-41-37-36(31)39(56-42(37)48-23-47-41)26-7-11-28(45)12-8-26/h3-8,10-12,14-18,21,23,35H,9,13,19-20,22H2,1-2H3,(H,50,51)/t35-/m1/s1. The van der Waals surface area contributed by atoms with E-state index in [0.717, 1.165) is 44.0 Å². The molecule has 4 aromatic carbocycles. The van der Waals surface area contributed by atoms with Crippen LogP contribution in [-0.2, 0) is 24.1 Å². The lowest BCUT2D eigenvalue weighted by Gasteiger charge is -2.19. The van der Waals surface area contributed by atoms with Crippen LogP contribution in [0.4, 0.5) is 4.39 Å². The number of aryl methyl sites for hydroxylation is 2. The van der Waals surface area contributed by atoms with Crippen LogP contribution in [0.5, 0.6) is 23.1 Å². The summed E-state index contributed by atoms with van der Waals surface area (Å²) in [5.74, 6) is 0.812. The number of methoxy groups -OCH3 is 1. The number of aromatic nitrogens is 4. The van der Waals surface area contributed by atoms with Crippen LogP contribution < -0.4 is 18.9 Å². The molecule has 0 unspecified atom stereocenters. The summed E-state index contributed by atoms with van der Waals surface area (Å²) in [6, 6.07) is 24.9. The molecule has 3 aromatic heterocycles. The number of ether oxygens (including phenoxy) is 4. The van der Waals surface area contributed by atoms with E-state index in [1.54, 1.807) is 31.5 Å². The number of carboxylic acid groups (broad SMARTS) is 1. The van der Waals surface area contributed by atoms with Crippen molar-refractivity contribution in [2.45, 2.75) is 32.3 Å². The fraction of sp³-hybridized carbons (Fsp3) is 0.186. The van der Waals surface area contributed by atoms with E-state index < -0.39 is 12.1 Å². The molecule has 2 aliphatic heterocycles. The van der Waals surface area contributed by atoms with Crippen LogP contribution in [0.1, 0.15) is 22.4 Å². The molecule has 5 heterocycles. The fourth-order valence-corrected chi connectivity index (χ4v) is 8.18. The normalized spacial score (nSPS) is 14.0. The third-order valence-electron chi connectivity index (χ3n) is 9.61. The number of hydrogen-bond donors (Lipinski definition) is 1. The molecule has 10 nitrogen and oxygen atoms in total. The number of rotatable bonds is 7. The van der Waals surface area contributed by atoms with Crippen molar-refractivity contribution in [3.05, 3.63) is 131 Å². The van der Waals surface area contributed by atoms with Gasteiger partial charge in [-0.05, 0) is 96.1 Å². The summed E-state index contributed by atoms with van der Waals surface area (Å²) in [5, 5.41) is 11.6. The predicted molar refractivity (Wildman–Crippen MR) is 213 cm³/mol. The second-order valence-corrected chi connectivity index (χ2v) is 14.4. The monoisotopic (exact) mass is 788 g/mol. The molecule has 1 atom stereocenters. The Labute approximate surface area is 330 Å². The summed E-state index contributed by atoms with van der Waals surface area (Å²) in [4.78, 5) is 32.7. The van der Waals surface area contributed by atoms with E-state index in [9.17, 15) is 14.3 Å². The molecule has 0 fully saturated rings. The molecular formula is C43H34ClFN4O6S. The molecule has 0 radical (unpaired) electrons. The number of carbonyl (C=O) groups is 1. The van der Waals surface area contributed by atoms with Crippen molar-refractivity contribution in [3.8, 4) is 56.1 Å². The topological polar surface area (TPSA) is 126 Å². The Hall–Kier alpha value is -6.11. The van der Waals surface area contributed by atoms with Gasteiger partial charge >= 0.3 is 5.97 Å². The van der Waals surface area contributed by atoms with Crippen LogP contribution in [0.2, 0.25) is 5.02 Å². The highest BCUT2D eigenvalue weighted by Crippen LogP contribution is 2.49. The molecule has 9 rings (SSSR count). The summed E-state index contributed by atoms with van der Waals surface area (Å²) >= 11 is 8.31. The van der Waals surface area contributed by atoms with Gasteiger partial charge in [0.1, 0.15) is 47.4 Å². The Morgan fingerprint density at radius 3 is 2.61 bits per heavy atom. The Kier molecular flexibility index (Phi) is 10.5. The first-order valence-corrected chi connectivity index (χ1v) is 19.0. The van der Waals surface area contributed by atoms with Crippen molar-refractivity contribution in [2.75, 3.05) is 20.3 Å².